The van der Waals surface area contributed by atoms with E-state index in [4.69, 9.17) is 5.73 Å². The number of rotatable bonds is 5. The van der Waals surface area contributed by atoms with Gasteiger partial charge in [0.25, 0.3) is 0 Å². The number of imidazole rings is 1. The fraction of sp³-hybridized carbons (Fsp3) is 0.500. The Labute approximate surface area is 121 Å². The Morgan fingerprint density at radius 3 is 2.71 bits per heavy atom. The molecule has 2 rings (SSSR count). The average Bonchev–Trinajstić information content (AvgIpc) is 2.74. The fourth-order valence-corrected chi connectivity index (χ4v) is 2.23. The Hall–Kier alpha value is -1.76. The summed E-state index contributed by atoms with van der Waals surface area (Å²) >= 11 is 0. The molecule has 2 aromatic rings. The Bertz CT molecular complexity index is 604. The van der Waals surface area contributed by atoms with Gasteiger partial charge in [-0.15, -0.1) is 0 Å². The second-order valence-electron chi connectivity index (χ2n) is 5.28. The van der Waals surface area contributed by atoms with E-state index in [1.165, 1.54) is 4.90 Å². The van der Waals surface area contributed by atoms with Crippen LogP contribution in [-0.2, 0) is 6.42 Å². The molecule has 21 heavy (non-hydrogen) atoms. The van der Waals surface area contributed by atoms with Gasteiger partial charge >= 0.3 is 6.18 Å². The van der Waals surface area contributed by atoms with Crippen LogP contribution in [0.2, 0.25) is 0 Å². The molecule has 0 amide bonds. The second-order valence-corrected chi connectivity index (χ2v) is 5.28. The van der Waals surface area contributed by atoms with Gasteiger partial charge in [-0.1, -0.05) is 6.07 Å². The molecular weight excluding hydrogens is 281 g/mol. The van der Waals surface area contributed by atoms with Gasteiger partial charge in [0, 0.05) is 32.3 Å². The minimum absolute atomic E-state index is 0.0973. The third kappa shape index (κ3) is 3.87. The van der Waals surface area contributed by atoms with E-state index in [1.807, 2.05) is 35.7 Å². The van der Waals surface area contributed by atoms with E-state index in [0.717, 1.165) is 5.69 Å². The maximum absolute atomic E-state index is 12.4. The first-order chi connectivity index (χ1) is 9.78. The first kappa shape index (κ1) is 15.6. The molecule has 0 saturated heterocycles. The molecule has 0 radical (unpaired) electrons. The molecule has 2 heterocycles. The molecule has 0 bridgehead atoms. The standard InChI is InChI=1S/C14H19F3N4/c1-10(18)9-11-13(20(2)8-6-14(15,16)17)19-12-5-3-4-7-21(11)12/h3-5,7,10H,6,8-9,18H2,1-2H3. The van der Waals surface area contributed by atoms with Crippen molar-refractivity contribution in [2.45, 2.75) is 32.0 Å². The largest absolute Gasteiger partial charge is 0.390 e. The summed E-state index contributed by atoms with van der Waals surface area (Å²) in [4.78, 5) is 5.97. The van der Waals surface area contributed by atoms with Crippen LogP contribution >= 0.6 is 0 Å². The number of hydrogen-bond donors (Lipinski definition) is 1. The zero-order chi connectivity index (χ0) is 15.6. The molecule has 4 nitrogen and oxygen atoms in total. The van der Waals surface area contributed by atoms with Crippen molar-refractivity contribution in [3.05, 3.63) is 30.1 Å². The lowest BCUT2D eigenvalue weighted by Gasteiger charge is -2.20. The summed E-state index contributed by atoms with van der Waals surface area (Å²) in [5.74, 6) is 0.558. The number of alkyl halides is 3. The number of halogens is 3. The summed E-state index contributed by atoms with van der Waals surface area (Å²) in [5.41, 5.74) is 7.40. The lowest BCUT2D eigenvalue weighted by molar-refractivity contribution is -0.132. The Balaban J connectivity index is 2.33. The number of pyridine rings is 1. The van der Waals surface area contributed by atoms with Crippen molar-refractivity contribution >= 4 is 11.5 Å². The Morgan fingerprint density at radius 1 is 1.38 bits per heavy atom. The van der Waals surface area contributed by atoms with Crippen LogP contribution in [0, 0.1) is 0 Å². The lowest BCUT2D eigenvalue weighted by Crippen LogP contribution is -2.26. The van der Waals surface area contributed by atoms with Crippen molar-refractivity contribution in [3.63, 3.8) is 0 Å². The molecule has 1 atom stereocenters. The zero-order valence-corrected chi connectivity index (χ0v) is 12.1. The van der Waals surface area contributed by atoms with Gasteiger partial charge in [0.15, 0.2) is 5.82 Å². The van der Waals surface area contributed by atoms with Gasteiger partial charge in [-0.25, -0.2) is 4.98 Å². The summed E-state index contributed by atoms with van der Waals surface area (Å²) in [6.45, 7) is 1.74. The third-order valence-corrected chi connectivity index (χ3v) is 3.22. The number of fused-ring (bicyclic) bond motifs is 1. The van der Waals surface area contributed by atoms with Crippen molar-refractivity contribution in [1.82, 2.24) is 9.38 Å². The van der Waals surface area contributed by atoms with E-state index >= 15 is 0 Å². The number of nitrogens with zero attached hydrogens (tertiary/aromatic N) is 3. The van der Waals surface area contributed by atoms with Crippen molar-refractivity contribution in [3.8, 4) is 0 Å². The predicted molar refractivity (Wildman–Crippen MR) is 76.5 cm³/mol. The van der Waals surface area contributed by atoms with Gasteiger partial charge in [-0.2, -0.15) is 13.2 Å². The summed E-state index contributed by atoms with van der Waals surface area (Å²) in [6.07, 6.45) is -2.64. The van der Waals surface area contributed by atoms with Crippen LogP contribution in [0.5, 0.6) is 0 Å². The number of anilines is 1. The highest BCUT2D eigenvalue weighted by Crippen LogP contribution is 2.25. The van der Waals surface area contributed by atoms with E-state index < -0.39 is 12.6 Å². The van der Waals surface area contributed by atoms with Crippen molar-refractivity contribution < 1.29 is 13.2 Å². The van der Waals surface area contributed by atoms with E-state index in [2.05, 4.69) is 4.98 Å². The van der Waals surface area contributed by atoms with E-state index in [0.29, 0.717) is 17.9 Å². The highest BCUT2D eigenvalue weighted by molar-refractivity contribution is 5.55. The second kappa shape index (κ2) is 5.93. The smallest absolute Gasteiger partial charge is 0.358 e. The maximum atomic E-state index is 12.4. The molecular formula is C14H19F3N4. The van der Waals surface area contributed by atoms with Gasteiger partial charge in [-0.05, 0) is 19.1 Å². The van der Waals surface area contributed by atoms with Crippen molar-refractivity contribution in [2.75, 3.05) is 18.5 Å². The van der Waals surface area contributed by atoms with Crippen molar-refractivity contribution in [1.29, 1.82) is 0 Å². The molecule has 0 spiro atoms. The first-order valence-electron chi connectivity index (χ1n) is 6.77. The molecule has 0 aliphatic heterocycles. The maximum Gasteiger partial charge on any atom is 0.390 e. The van der Waals surface area contributed by atoms with Gasteiger partial charge in [0.05, 0.1) is 12.1 Å². The van der Waals surface area contributed by atoms with E-state index in [1.54, 1.807) is 7.05 Å². The first-order valence-corrected chi connectivity index (χ1v) is 6.77. The van der Waals surface area contributed by atoms with Gasteiger partial charge in [-0.3, -0.25) is 0 Å². The quantitative estimate of drug-likeness (QED) is 0.923. The summed E-state index contributed by atoms with van der Waals surface area (Å²) in [7, 11) is 1.62. The molecule has 116 valence electrons. The summed E-state index contributed by atoms with van der Waals surface area (Å²) in [6, 6.07) is 5.43. The topological polar surface area (TPSA) is 46.6 Å². The van der Waals surface area contributed by atoms with Gasteiger partial charge in [0.1, 0.15) is 5.65 Å². The molecule has 0 saturated carbocycles. The minimum Gasteiger partial charge on any atom is -0.358 e. The molecule has 7 heteroatoms. The molecule has 0 aromatic carbocycles. The normalized spacial score (nSPS) is 13.6. The number of hydrogen-bond acceptors (Lipinski definition) is 3. The van der Waals surface area contributed by atoms with Gasteiger partial charge in [0.2, 0.25) is 0 Å². The molecule has 0 aliphatic rings. The minimum atomic E-state index is -4.17. The van der Waals surface area contributed by atoms with Crippen molar-refractivity contribution in [2.24, 2.45) is 5.73 Å². The molecule has 2 N–H and O–H groups in total. The average molecular weight is 300 g/mol. The van der Waals surface area contributed by atoms with Crippen LogP contribution in [0.3, 0.4) is 0 Å². The van der Waals surface area contributed by atoms with Gasteiger partial charge < -0.3 is 15.0 Å². The van der Waals surface area contributed by atoms with Crippen LogP contribution < -0.4 is 10.6 Å². The van der Waals surface area contributed by atoms with Crippen LogP contribution in [0.25, 0.3) is 5.65 Å². The SMILES string of the molecule is CC(N)Cc1c(N(C)CCC(F)(F)F)nc2ccccn12. The highest BCUT2D eigenvalue weighted by Gasteiger charge is 2.28. The lowest BCUT2D eigenvalue weighted by atomic mass is 10.2. The number of aromatic nitrogens is 2. The van der Waals surface area contributed by atoms with Crippen LogP contribution in [-0.4, -0.2) is 35.2 Å². The fourth-order valence-electron chi connectivity index (χ4n) is 2.23. The Morgan fingerprint density at radius 2 is 2.10 bits per heavy atom. The molecule has 2 aromatic heterocycles. The Kier molecular flexibility index (Phi) is 4.41. The predicted octanol–water partition coefficient (Wildman–Crippen LogP) is 2.61. The van der Waals surface area contributed by atoms with E-state index in [-0.39, 0.29) is 12.6 Å². The number of nitrogens with two attached hydrogens (primary N) is 1. The van der Waals surface area contributed by atoms with Crippen LogP contribution in [0.15, 0.2) is 24.4 Å². The summed E-state index contributed by atoms with van der Waals surface area (Å²) < 4.78 is 39.0. The van der Waals surface area contributed by atoms with Crippen LogP contribution in [0.4, 0.5) is 19.0 Å². The molecule has 1 unspecified atom stereocenters. The molecule has 0 aliphatic carbocycles. The highest BCUT2D eigenvalue weighted by atomic mass is 19.4. The third-order valence-electron chi connectivity index (χ3n) is 3.22. The van der Waals surface area contributed by atoms with E-state index in [9.17, 15) is 13.2 Å². The summed E-state index contributed by atoms with van der Waals surface area (Å²) in [5, 5.41) is 0. The zero-order valence-electron chi connectivity index (χ0n) is 12.1. The van der Waals surface area contributed by atoms with Crippen LogP contribution in [0.1, 0.15) is 19.0 Å². The molecule has 0 fully saturated rings. The monoisotopic (exact) mass is 300 g/mol.